The lowest BCUT2D eigenvalue weighted by Gasteiger charge is -2.15. The average molecular weight is 226 g/mol. The van der Waals surface area contributed by atoms with Crippen molar-refractivity contribution in [2.45, 2.75) is 38.3 Å². The van der Waals surface area contributed by atoms with Crippen molar-refractivity contribution in [3.8, 4) is 0 Å². The van der Waals surface area contributed by atoms with Gasteiger partial charge in [0, 0.05) is 0 Å². The minimum Gasteiger partial charge on any atom is -0.391 e. The molecule has 1 heterocycles. The SMILES string of the molecule is Cc1nn(C2CCCC2O)c(N)c1[N+](=O)[O-]. The minimum absolute atomic E-state index is 0.0356. The highest BCUT2D eigenvalue weighted by Gasteiger charge is 2.33. The first-order valence-corrected chi connectivity index (χ1v) is 5.19. The number of hydrogen-bond donors (Lipinski definition) is 2. The van der Waals surface area contributed by atoms with E-state index in [4.69, 9.17) is 5.73 Å². The number of hydrogen-bond acceptors (Lipinski definition) is 5. The molecule has 7 nitrogen and oxygen atoms in total. The monoisotopic (exact) mass is 226 g/mol. The molecule has 1 saturated carbocycles. The summed E-state index contributed by atoms with van der Waals surface area (Å²) in [5, 5.41) is 24.5. The number of aromatic nitrogens is 2. The second-order valence-electron chi connectivity index (χ2n) is 4.09. The summed E-state index contributed by atoms with van der Waals surface area (Å²) < 4.78 is 1.39. The molecule has 7 heteroatoms. The van der Waals surface area contributed by atoms with Gasteiger partial charge in [-0.2, -0.15) is 5.10 Å². The fourth-order valence-corrected chi connectivity index (χ4v) is 2.24. The van der Waals surface area contributed by atoms with Crippen molar-refractivity contribution in [1.29, 1.82) is 0 Å². The van der Waals surface area contributed by atoms with Gasteiger partial charge in [0.25, 0.3) is 0 Å². The van der Waals surface area contributed by atoms with Crippen molar-refractivity contribution in [2.24, 2.45) is 0 Å². The Morgan fingerprint density at radius 2 is 2.31 bits per heavy atom. The Labute approximate surface area is 92.0 Å². The Morgan fingerprint density at radius 3 is 2.75 bits per heavy atom. The van der Waals surface area contributed by atoms with Crippen LogP contribution in [0.25, 0.3) is 0 Å². The summed E-state index contributed by atoms with van der Waals surface area (Å²) in [7, 11) is 0. The Hall–Kier alpha value is -1.63. The van der Waals surface area contributed by atoms with Gasteiger partial charge in [-0.15, -0.1) is 0 Å². The normalized spacial score (nSPS) is 24.9. The van der Waals surface area contributed by atoms with E-state index in [1.807, 2.05) is 0 Å². The predicted molar refractivity (Wildman–Crippen MR) is 56.9 cm³/mol. The standard InChI is InChI=1S/C9H14N4O3/c1-5-8(13(15)16)9(10)12(11-5)6-3-2-4-7(6)14/h6-7,14H,2-4,10H2,1H3. The zero-order chi connectivity index (χ0) is 11.9. The van der Waals surface area contributed by atoms with Crippen molar-refractivity contribution in [3.63, 3.8) is 0 Å². The van der Waals surface area contributed by atoms with Gasteiger partial charge in [0.15, 0.2) is 0 Å². The zero-order valence-corrected chi connectivity index (χ0v) is 8.96. The molecule has 0 bridgehead atoms. The van der Waals surface area contributed by atoms with Crippen LogP contribution in [0.5, 0.6) is 0 Å². The van der Waals surface area contributed by atoms with E-state index < -0.39 is 11.0 Å². The Morgan fingerprint density at radius 1 is 1.62 bits per heavy atom. The quantitative estimate of drug-likeness (QED) is 0.572. The topological polar surface area (TPSA) is 107 Å². The maximum absolute atomic E-state index is 10.8. The Bertz CT molecular complexity index is 429. The van der Waals surface area contributed by atoms with Gasteiger partial charge in [0.1, 0.15) is 5.69 Å². The highest BCUT2D eigenvalue weighted by atomic mass is 16.6. The Balaban J connectivity index is 2.42. The summed E-state index contributed by atoms with van der Waals surface area (Å²) in [5.74, 6) is 0.0356. The molecule has 0 aromatic carbocycles. The second kappa shape index (κ2) is 3.75. The summed E-state index contributed by atoms with van der Waals surface area (Å²) in [5.41, 5.74) is 5.83. The summed E-state index contributed by atoms with van der Waals surface area (Å²) in [6.07, 6.45) is 1.82. The first-order valence-electron chi connectivity index (χ1n) is 5.19. The number of aryl methyl sites for hydroxylation is 1. The van der Waals surface area contributed by atoms with E-state index in [9.17, 15) is 15.2 Å². The van der Waals surface area contributed by atoms with Crippen LogP contribution in [0.1, 0.15) is 31.0 Å². The molecule has 1 fully saturated rings. The van der Waals surface area contributed by atoms with Gasteiger partial charge >= 0.3 is 5.69 Å². The van der Waals surface area contributed by atoms with Crippen LogP contribution < -0.4 is 5.73 Å². The molecule has 0 radical (unpaired) electrons. The molecule has 0 aliphatic heterocycles. The van der Waals surface area contributed by atoms with Crippen molar-refractivity contribution in [1.82, 2.24) is 9.78 Å². The first kappa shape index (κ1) is 10.9. The highest BCUT2D eigenvalue weighted by molar-refractivity contribution is 5.56. The van der Waals surface area contributed by atoms with E-state index in [2.05, 4.69) is 5.10 Å². The van der Waals surface area contributed by atoms with E-state index in [1.165, 1.54) is 4.68 Å². The van der Waals surface area contributed by atoms with Gasteiger partial charge < -0.3 is 10.8 Å². The molecule has 0 spiro atoms. The highest BCUT2D eigenvalue weighted by Crippen LogP contribution is 2.35. The second-order valence-corrected chi connectivity index (χ2v) is 4.09. The zero-order valence-electron chi connectivity index (χ0n) is 8.96. The van der Waals surface area contributed by atoms with Crippen molar-refractivity contribution < 1.29 is 10.0 Å². The molecule has 2 rings (SSSR count). The number of rotatable bonds is 2. The maximum Gasteiger partial charge on any atom is 0.333 e. The predicted octanol–water partition coefficient (Wildman–Crippen LogP) is 0.768. The number of aliphatic hydroxyl groups excluding tert-OH is 1. The van der Waals surface area contributed by atoms with E-state index >= 15 is 0 Å². The molecule has 2 unspecified atom stereocenters. The van der Waals surface area contributed by atoms with Gasteiger partial charge in [-0.05, 0) is 26.2 Å². The Kier molecular flexibility index (Phi) is 2.55. The molecule has 0 saturated heterocycles. The molecule has 2 atom stereocenters. The van der Waals surface area contributed by atoms with Crippen molar-refractivity contribution in [3.05, 3.63) is 15.8 Å². The molecule has 1 aliphatic carbocycles. The van der Waals surface area contributed by atoms with Gasteiger partial charge in [-0.25, -0.2) is 4.68 Å². The van der Waals surface area contributed by atoms with Crippen LogP contribution in [0.3, 0.4) is 0 Å². The van der Waals surface area contributed by atoms with E-state index in [0.29, 0.717) is 12.1 Å². The lowest BCUT2D eigenvalue weighted by molar-refractivity contribution is -0.384. The van der Waals surface area contributed by atoms with E-state index in [-0.39, 0.29) is 17.5 Å². The van der Waals surface area contributed by atoms with Gasteiger partial charge in [-0.3, -0.25) is 10.1 Å². The molecule has 0 amide bonds. The van der Waals surface area contributed by atoms with Crippen LogP contribution in [0.4, 0.5) is 11.5 Å². The molecule has 1 aromatic rings. The fourth-order valence-electron chi connectivity index (χ4n) is 2.24. The summed E-state index contributed by atoms with van der Waals surface area (Å²) in [6, 6.07) is -0.229. The lowest BCUT2D eigenvalue weighted by Crippen LogP contribution is -2.21. The van der Waals surface area contributed by atoms with E-state index in [1.54, 1.807) is 6.92 Å². The van der Waals surface area contributed by atoms with Crippen LogP contribution in [0, 0.1) is 17.0 Å². The van der Waals surface area contributed by atoms with E-state index in [0.717, 1.165) is 12.8 Å². The summed E-state index contributed by atoms with van der Waals surface area (Å²) in [4.78, 5) is 10.2. The number of anilines is 1. The molecule has 88 valence electrons. The average Bonchev–Trinajstić information content (AvgIpc) is 2.70. The fraction of sp³-hybridized carbons (Fsp3) is 0.667. The van der Waals surface area contributed by atoms with Crippen molar-refractivity contribution >= 4 is 11.5 Å². The molecule has 16 heavy (non-hydrogen) atoms. The number of nitrogens with zero attached hydrogens (tertiary/aromatic N) is 3. The van der Waals surface area contributed by atoms with Crippen LogP contribution in [0.15, 0.2) is 0 Å². The smallest absolute Gasteiger partial charge is 0.333 e. The third-order valence-corrected chi connectivity index (χ3v) is 3.03. The van der Waals surface area contributed by atoms with Crippen LogP contribution in [0.2, 0.25) is 0 Å². The summed E-state index contributed by atoms with van der Waals surface area (Å²) >= 11 is 0. The van der Waals surface area contributed by atoms with Crippen LogP contribution >= 0.6 is 0 Å². The largest absolute Gasteiger partial charge is 0.391 e. The molecule has 3 N–H and O–H groups in total. The number of aliphatic hydroxyl groups is 1. The molecular formula is C9H14N4O3. The lowest BCUT2D eigenvalue weighted by atomic mass is 10.2. The van der Waals surface area contributed by atoms with Gasteiger partial charge in [0.05, 0.1) is 17.1 Å². The van der Waals surface area contributed by atoms with Gasteiger partial charge in [-0.1, -0.05) is 0 Å². The maximum atomic E-state index is 10.8. The number of nitrogen functional groups attached to an aromatic ring is 1. The third-order valence-electron chi connectivity index (χ3n) is 3.03. The number of nitro groups is 1. The molecule has 1 aliphatic rings. The number of nitrogens with two attached hydrogens (primary N) is 1. The minimum atomic E-state index is -0.532. The van der Waals surface area contributed by atoms with Crippen molar-refractivity contribution in [2.75, 3.05) is 5.73 Å². The third kappa shape index (κ3) is 1.53. The van der Waals surface area contributed by atoms with Crippen LogP contribution in [-0.2, 0) is 0 Å². The molecule has 1 aromatic heterocycles. The summed E-state index contributed by atoms with van der Waals surface area (Å²) in [6.45, 7) is 1.55. The first-order chi connectivity index (χ1) is 7.52. The van der Waals surface area contributed by atoms with Crippen LogP contribution in [-0.4, -0.2) is 25.9 Å². The van der Waals surface area contributed by atoms with Gasteiger partial charge in [0.2, 0.25) is 5.82 Å². The molecular weight excluding hydrogens is 212 g/mol.